The molecule has 0 saturated carbocycles. The Morgan fingerprint density at radius 2 is 1.57 bits per heavy atom. The summed E-state index contributed by atoms with van der Waals surface area (Å²) in [5.74, 6) is 0.513. The molecule has 1 N–H and O–H groups in total. The van der Waals surface area contributed by atoms with Gasteiger partial charge in [-0.1, -0.05) is 13.8 Å². The number of quaternary nitrogens is 1. The third-order valence-corrected chi connectivity index (χ3v) is 3.29. The van der Waals surface area contributed by atoms with E-state index >= 15 is 0 Å². The minimum atomic E-state index is -3.89. The predicted octanol–water partition coefficient (Wildman–Crippen LogP) is 0.995. The third-order valence-electron chi connectivity index (χ3n) is 2.12. The SMILES string of the molecule is CC(C)C[N+](C)(C)CC(C)S(=O)(=O)O. The van der Waals surface area contributed by atoms with Gasteiger partial charge in [0.1, 0.15) is 5.25 Å². The van der Waals surface area contributed by atoms with Crippen LogP contribution in [-0.2, 0) is 10.1 Å². The van der Waals surface area contributed by atoms with Gasteiger partial charge in [-0.15, -0.1) is 0 Å². The molecule has 5 heteroatoms. The van der Waals surface area contributed by atoms with Crippen LogP contribution in [0.1, 0.15) is 20.8 Å². The number of rotatable bonds is 5. The van der Waals surface area contributed by atoms with Gasteiger partial charge >= 0.3 is 0 Å². The fraction of sp³-hybridized carbons (Fsp3) is 1.00. The molecule has 0 aliphatic heterocycles. The van der Waals surface area contributed by atoms with E-state index in [0.717, 1.165) is 6.54 Å². The lowest BCUT2D eigenvalue weighted by Crippen LogP contribution is -2.48. The molecule has 0 heterocycles. The zero-order chi connectivity index (χ0) is 11.6. The Bertz CT molecular complexity index is 270. The maximum Gasteiger partial charge on any atom is 0.273 e. The van der Waals surface area contributed by atoms with Gasteiger partial charge in [-0.05, 0) is 6.92 Å². The molecule has 4 nitrogen and oxygen atoms in total. The summed E-state index contributed by atoms with van der Waals surface area (Å²) in [6.45, 7) is 7.07. The molecule has 0 rings (SSSR count). The van der Waals surface area contributed by atoms with Crippen LogP contribution < -0.4 is 0 Å². The monoisotopic (exact) mass is 224 g/mol. The van der Waals surface area contributed by atoms with Gasteiger partial charge in [0.2, 0.25) is 0 Å². The van der Waals surface area contributed by atoms with Gasteiger partial charge < -0.3 is 4.48 Å². The van der Waals surface area contributed by atoms with Crippen molar-refractivity contribution in [2.24, 2.45) is 5.92 Å². The number of hydrogen-bond donors (Lipinski definition) is 1. The Morgan fingerprint density at radius 3 is 1.86 bits per heavy atom. The molecule has 0 aromatic heterocycles. The van der Waals surface area contributed by atoms with Crippen molar-refractivity contribution in [3.8, 4) is 0 Å². The smallest absolute Gasteiger partial charge is 0.273 e. The summed E-state index contributed by atoms with van der Waals surface area (Å²) < 4.78 is 31.1. The summed E-state index contributed by atoms with van der Waals surface area (Å²) >= 11 is 0. The van der Waals surface area contributed by atoms with Crippen LogP contribution in [0.15, 0.2) is 0 Å². The van der Waals surface area contributed by atoms with Crippen LogP contribution in [0, 0.1) is 5.92 Å². The first kappa shape index (κ1) is 13.9. The molecular weight excluding hydrogens is 202 g/mol. The maximum atomic E-state index is 10.8. The average molecular weight is 224 g/mol. The zero-order valence-electron chi connectivity index (χ0n) is 9.69. The van der Waals surface area contributed by atoms with E-state index in [9.17, 15) is 8.42 Å². The second kappa shape index (κ2) is 4.59. The molecule has 1 atom stereocenters. The lowest BCUT2D eigenvalue weighted by Gasteiger charge is -2.33. The highest BCUT2D eigenvalue weighted by Crippen LogP contribution is 2.09. The molecule has 0 radical (unpaired) electrons. The first-order valence-electron chi connectivity index (χ1n) is 4.83. The van der Waals surface area contributed by atoms with Crippen LogP contribution in [-0.4, -0.2) is 49.9 Å². The predicted molar refractivity (Wildman–Crippen MR) is 57.7 cm³/mol. The average Bonchev–Trinajstić information content (AvgIpc) is 1.79. The molecular formula is C9H22NO3S+. The molecule has 0 aliphatic rings. The highest BCUT2D eigenvalue weighted by Gasteiger charge is 2.27. The Kier molecular flexibility index (Phi) is 4.55. The van der Waals surface area contributed by atoms with Gasteiger partial charge in [-0.25, -0.2) is 0 Å². The van der Waals surface area contributed by atoms with Gasteiger partial charge in [-0.3, -0.25) is 4.55 Å². The molecule has 0 bridgehead atoms. The molecule has 0 aromatic carbocycles. The third kappa shape index (κ3) is 5.57. The van der Waals surface area contributed by atoms with Crippen molar-refractivity contribution < 1.29 is 17.5 Å². The second-order valence-corrected chi connectivity index (χ2v) is 6.85. The van der Waals surface area contributed by atoms with E-state index in [0.29, 0.717) is 16.9 Å². The minimum absolute atomic E-state index is 0.441. The van der Waals surface area contributed by atoms with Crippen molar-refractivity contribution in [2.75, 3.05) is 27.2 Å². The maximum absolute atomic E-state index is 10.8. The van der Waals surface area contributed by atoms with Crippen LogP contribution in [0.5, 0.6) is 0 Å². The van der Waals surface area contributed by atoms with Crippen LogP contribution >= 0.6 is 0 Å². The van der Waals surface area contributed by atoms with Crippen molar-refractivity contribution in [1.82, 2.24) is 0 Å². The second-order valence-electron chi connectivity index (χ2n) is 5.02. The van der Waals surface area contributed by atoms with Crippen LogP contribution in [0.4, 0.5) is 0 Å². The summed E-state index contributed by atoms with van der Waals surface area (Å²) in [6, 6.07) is 0. The van der Waals surface area contributed by atoms with Crippen molar-refractivity contribution in [3.63, 3.8) is 0 Å². The molecule has 86 valence electrons. The summed E-state index contributed by atoms with van der Waals surface area (Å²) in [5.41, 5.74) is 0. The summed E-state index contributed by atoms with van der Waals surface area (Å²) in [4.78, 5) is 0. The molecule has 0 spiro atoms. The normalized spacial score (nSPS) is 15.9. The number of nitrogens with zero attached hydrogens (tertiary/aromatic N) is 1. The molecule has 0 aliphatic carbocycles. The summed E-state index contributed by atoms with van der Waals surface area (Å²) in [7, 11) is 0.0603. The first-order chi connectivity index (χ1) is 6.04. The van der Waals surface area contributed by atoms with Crippen LogP contribution in [0.3, 0.4) is 0 Å². The van der Waals surface area contributed by atoms with Gasteiger partial charge in [-0.2, -0.15) is 8.42 Å². The van der Waals surface area contributed by atoms with Gasteiger partial charge in [0.15, 0.2) is 0 Å². The van der Waals surface area contributed by atoms with E-state index in [-0.39, 0.29) is 0 Å². The van der Waals surface area contributed by atoms with Crippen LogP contribution in [0.2, 0.25) is 0 Å². The lowest BCUT2D eigenvalue weighted by atomic mass is 10.2. The summed E-state index contributed by atoms with van der Waals surface area (Å²) in [5, 5.41) is -0.698. The van der Waals surface area contributed by atoms with Crippen molar-refractivity contribution in [3.05, 3.63) is 0 Å². The summed E-state index contributed by atoms with van der Waals surface area (Å²) in [6.07, 6.45) is 0. The van der Waals surface area contributed by atoms with E-state index in [1.54, 1.807) is 0 Å². The number of hydrogen-bond acceptors (Lipinski definition) is 2. The fourth-order valence-electron chi connectivity index (χ4n) is 1.85. The molecule has 0 aromatic rings. The van der Waals surface area contributed by atoms with Crippen molar-refractivity contribution in [1.29, 1.82) is 0 Å². The topological polar surface area (TPSA) is 54.4 Å². The van der Waals surface area contributed by atoms with E-state index in [1.807, 2.05) is 14.1 Å². The van der Waals surface area contributed by atoms with Gasteiger partial charge in [0, 0.05) is 5.92 Å². The molecule has 0 saturated heterocycles. The van der Waals surface area contributed by atoms with Gasteiger partial charge in [0.25, 0.3) is 10.1 Å². The molecule has 14 heavy (non-hydrogen) atoms. The quantitative estimate of drug-likeness (QED) is 0.560. The fourth-order valence-corrected chi connectivity index (χ4v) is 2.45. The van der Waals surface area contributed by atoms with E-state index in [4.69, 9.17) is 4.55 Å². The standard InChI is InChI=1S/C9H21NO3S/c1-8(2)6-10(4,5)7-9(3)14(11,12)13/h8-9H,6-7H2,1-5H3/p+1. The Labute approximate surface area is 87.3 Å². The largest absolute Gasteiger partial charge is 0.327 e. The first-order valence-corrected chi connectivity index (χ1v) is 6.33. The lowest BCUT2D eigenvalue weighted by molar-refractivity contribution is -0.892. The Morgan fingerprint density at radius 1 is 1.14 bits per heavy atom. The Balaban J connectivity index is 4.37. The highest BCUT2D eigenvalue weighted by atomic mass is 32.2. The van der Waals surface area contributed by atoms with Crippen LogP contribution in [0.25, 0.3) is 0 Å². The van der Waals surface area contributed by atoms with Gasteiger partial charge in [0.05, 0.1) is 27.2 Å². The van der Waals surface area contributed by atoms with E-state index < -0.39 is 15.4 Å². The van der Waals surface area contributed by atoms with Crippen molar-refractivity contribution in [2.45, 2.75) is 26.0 Å². The van der Waals surface area contributed by atoms with E-state index in [2.05, 4.69) is 13.8 Å². The molecule has 0 amide bonds. The van der Waals surface area contributed by atoms with E-state index in [1.165, 1.54) is 6.92 Å². The minimum Gasteiger partial charge on any atom is -0.327 e. The highest BCUT2D eigenvalue weighted by molar-refractivity contribution is 7.86. The molecule has 1 unspecified atom stereocenters. The zero-order valence-corrected chi connectivity index (χ0v) is 10.5. The molecule has 0 fully saturated rings. The van der Waals surface area contributed by atoms with Crippen molar-refractivity contribution >= 4 is 10.1 Å². The Hall–Kier alpha value is -0.130.